The van der Waals surface area contributed by atoms with Gasteiger partial charge in [0.1, 0.15) is 0 Å². The van der Waals surface area contributed by atoms with E-state index in [9.17, 15) is 0 Å². The van der Waals surface area contributed by atoms with E-state index in [-0.39, 0.29) is 0 Å². The Hall–Kier alpha value is -1.80. The predicted molar refractivity (Wildman–Crippen MR) is 69.4 cm³/mol. The zero-order valence-electron chi connectivity index (χ0n) is 9.19. The summed E-state index contributed by atoms with van der Waals surface area (Å²) in [6.07, 6.45) is 0. The lowest BCUT2D eigenvalue weighted by Crippen LogP contribution is -2.13. The molecule has 0 bridgehead atoms. The van der Waals surface area contributed by atoms with Gasteiger partial charge in [-0.2, -0.15) is 0 Å². The second kappa shape index (κ2) is 5.33. The standard InChI is InChI=1S/C14H16N2/c15-10-11-16-14-9-5-4-8-13(14)12-6-2-1-3-7-12/h1-9,16H,10-11,15H2. The van der Waals surface area contributed by atoms with Gasteiger partial charge in [-0.15, -0.1) is 0 Å². The SMILES string of the molecule is NCCNc1ccccc1-c1ccccc1. The van der Waals surface area contributed by atoms with Crippen LogP contribution in [-0.2, 0) is 0 Å². The molecule has 0 fully saturated rings. The fourth-order valence-corrected chi connectivity index (χ4v) is 1.71. The Labute approximate surface area is 96.1 Å². The highest BCUT2D eigenvalue weighted by molar-refractivity contribution is 5.77. The molecule has 0 saturated heterocycles. The number of anilines is 1. The number of para-hydroxylation sites is 1. The van der Waals surface area contributed by atoms with Gasteiger partial charge < -0.3 is 11.1 Å². The molecular formula is C14H16N2. The quantitative estimate of drug-likeness (QED) is 0.817. The zero-order valence-corrected chi connectivity index (χ0v) is 9.19. The van der Waals surface area contributed by atoms with Crippen LogP contribution < -0.4 is 11.1 Å². The molecule has 0 aliphatic rings. The Morgan fingerprint density at radius 3 is 2.31 bits per heavy atom. The van der Waals surface area contributed by atoms with Crippen molar-refractivity contribution in [1.82, 2.24) is 0 Å². The maximum Gasteiger partial charge on any atom is 0.0420 e. The summed E-state index contributed by atoms with van der Waals surface area (Å²) >= 11 is 0. The van der Waals surface area contributed by atoms with Crippen molar-refractivity contribution in [2.45, 2.75) is 0 Å². The summed E-state index contributed by atoms with van der Waals surface area (Å²) in [6, 6.07) is 18.6. The van der Waals surface area contributed by atoms with E-state index in [2.05, 4.69) is 47.8 Å². The maximum absolute atomic E-state index is 5.50. The van der Waals surface area contributed by atoms with Crippen molar-refractivity contribution < 1.29 is 0 Å². The van der Waals surface area contributed by atoms with Crippen molar-refractivity contribution in [2.75, 3.05) is 18.4 Å². The third-order valence-electron chi connectivity index (χ3n) is 2.47. The van der Waals surface area contributed by atoms with Crippen LogP contribution in [0.4, 0.5) is 5.69 Å². The number of hydrogen-bond donors (Lipinski definition) is 2. The van der Waals surface area contributed by atoms with Crippen molar-refractivity contribution in [3.05, 3.63) is 54.6 Å². The minimum Gasteiger partial charge on any atom is -0.383 e. The van der Waals surface area contributed by atoms with E-state index in [1.807, 2.05) is 12.1 Å². The lowest BCUT2D eigenvalue weighted by Gasteiger charge is -2.11. The van der Waals surface area contributed by atoms with E-state index in [4.69, 9.17) is 5.73 Å². The molecule has 2 nitrogen and oxygen atoms in total. The molecule has 2 aromatic carbocycles. The van der Waals surface area contributed by atoms with Crippen LogP contribution in [0.3, 0.4) is 0 Å². The van der Waals surface area contributed by atoms with Crippen molar-refractivity contribution in [3.8, 4) is 11.1 Å². The molecule has 0 aromatic heterocycles. The molecule has 2 aromatic rings. The van der Waals surface area contributed by atoms with Crippen LogP contribution in [0, 0.1) is 0 Å². The molecule has 82 valence electrons. The number of benzene rings is 2. The van der Waals surface area contributed by atoms with Crippen molar-refractivity contribution in [1.29, 1.82) is 0 Å². The first-order chi connectivity index (χ1) is 7.92. The third-order valence-corrected chi connectivity index (χ3v) is 2.47. The lowest BCUT2D eigenvalue weighted by molar-refractivity contribution is 1.02. The highest BCUT2D eigenvalue weighted by Gasteiger charge is 2.02. The van der Waals surface area contributed by atoms with Gasteiger partial charge in [0.05, 0.1) is 0 Å². The minimum atomic E-state index is 0.642. The number of nitrogens with one attached hydrogen (secondary N) is 1. The minimum absolute atomic E-state index is 0.642. The summed E-state index contributed by atoms with van der Waals surface area (Å²) in [4.78, 5) is 0. The van der Waals surface area contributed by atoms with Crippen molar-refractivity contribution >= 4 is 5.69 Å². The smallest absolute Gasteiger partial charge is 0.0420 e. The highest BCUT2D eigenvalue weighted by Crippen LogP contribution is 2.27. The molecule has 0 heterocycles. The molecule has 0 atom stereocenters. The van der Waals surface area contributed by atoms with E-state index < -0.39 is 0 Å². The largest absolute Gasteiger partial charge is 0.383 e. The molecule has 0 spiro atoms. The topological polar surface area (TPSA) is 38.0 Å². The molecular weight excluding hydrogens is 196 g/mol. The molecule has 16 heavy (non-hydrogen) atoms. The Balaban J connectivity index is 2.33. The Morgan fingerprint density at radius 2 is 1.56 bits per heavy atom. The van der Waals surface area contributed by atoms with Gasteiger partial charge in [-0.3, -0.25) is 0 Å². The second-order valence-electron chi connectivity index (χ2n) is 3.63. The van der Waals surface area contributed by atoms with Crippen LogP contribution >= 0.6 is 0 Å². The molecule has 0 amide bonds. The van der Waals surface area contributed by atoms with Crippen LogP contribution in [0.25, 0.3) is 11.1 Å². The van der Waals surface area contributed by atoms with Crippen LogP contribution in [0.15, 0.2) is 54.6 Å². The van der Waals surface area contributed by atoms with Crippen LogP contribution in [-0.4, -0.2) is 13.1 Å². The monoisotopic (exact) mass is 212 g/mol. The summed E-state index contributed by atoms with van der Waals surface area (Å²) in [5, 5.41) is 3.34. The first-order valence-corrected chi connectivity index (χ1v) is 5.50. The maximum atomic E-state index is 5.50. The van der Waals surface area contributed by atoms with E-state index >= 15 is 0 Å². The van der Waals surface area contributed by atoms with Gasteiger partial charge >= 0.3 is 0 Å². The van der Waals surface area contributed by atoms with E-state index in [1.165, 1.54) is 11.1 Å². The van der Waals surface area contributed by atoms with Gasteiger partial charge in [0, 0.05) is 24.3 Å². The van der Waals surface area contributed by atoms with Crippen molar-refractivity contribution in [3.63, 3.8) is 0 Å². The molecule has 0 aliphatic heterocycles. The van der Waals surface area contributed by atoms with Gasteiger partial charge in [-0.1, -0.05) is 48.5 Å². The molecule has 0 aliphatic carbocycles. The summed E-state index contributed by atoms with van der Waals surface area (Å²) in [5.41, 5.74) is 9.08. The molecule has 0 saturated carbocycles. The molecule has 3 N–H and O–H groups in total. The van der Waals surface area contributed by atoms with Gasteiger partial charge in [0.2, 0.25) is 0 Å². The van der Waals surface area contributed by atoms with Crippen LogP contribution in [0.5, 0.6) is 0 Å². The predicted octanol–water partition coefficient (Wildman–Crippen LogP) is 2.72. The van der Waals surface area contributed by atoms with E-state index in [0.717, 1.165) is 12.2 Å². The normalized spacial score (nSPS) is 10.1. The Morgan fingerprint density at radius 1 is 0.875 bits per heavy atom. The Kier molecular flexibility index (Phi) is 3.57. The molecule has 2 heteroatoms. The lowest BCUT2D eigenvalue weighted by atomic mass is 10.0. The molecule has 0 radical (unpaired) electrons. The summed E-state index contributed by atoms with van der Waals surface area (Å²) in [5.74, 6) is 0. The average molecular weight is 212 g/mol. The first kappa shape index (κ1) is 10.7. The third kappa shape index (κ3) is 2.41. The second-order valence-corrected chi connectivity index (χ2v) is 3.63. The summed E-state index contributed by atoms with van der Waals surface area (Å²) in [7, 11) is 0. The fourth-order valence-electron chi connectivity index (χ4n) is 1.71. The summed E-state index contributed by atoms with van der Waals surface area (Å²) < 4.78 is 0. The average Bonchev–Trinajstić information content (AvgIpc) is 2.38. The van der Waals surface area contributed by atoms with E-state index in [1.54, 1.807) is 0 Å². The van der Waals surface area contributed by atoms with Gasteiger partial charge in [0.15, 0.2) is 0 Å². The molecule has 0 unspecified atom stereocenters. The fraction of sp³-hybridized carbons (Fsp3) is 0.143. The van der Waals surface area contributed by atoms with Crippen LogP contribution in [0.2, 0.25) is 0 Å². The number of nitrogens with two attached hydrogens (primary N) is 1. The zero-order chi connectivity index (χ0) is 11.2. The van der Waals surface area contributed by atoms with Crippen molar-refractivity contribution in [2.24, 2.45) is 5.73 Å². The highest BCUT2D eigenvalue weighted by atomic mass is 14.9. The van der Waals surface area contributed by atoms with Gasteiger partial charge in [-0.25, -0.2) is 0 Å². The number of rotatable bonds is 4. The Bertz CT molecular complexity index is 437. The first-order valence-electron chi connectivity index (χ1n) is 5.50. The van der Waals surface area contributed by atoms with Gasteiger partial charge in [0.25, 0.3) is 0 Å². The molecule has 2 rings (SSSR count). The van der Waals surface area contributed by atoms with Crippen LogP contribution in [0.1, 0.15) is 0 Å². The summed E-state index contributed by atoms with van der Waals surface area (Å²) in [6.45, 7) is 1.44. The number of hydrogen-bond acceptors (Lipinski definition) is 2. The van der Waals surface area contributed by atoms with Gasteiger partial charge in [-0.05, 0) is 11.6 Å². The van der Waals surface area contributed by atoms with E-state index in [0.29, 0.717) is 6.54 Å².